The maximum absolute atomic E-state index is 11.7. The third-order valence-electron chi connectivity index (χ3n) is 2.31. The SMILES string of the molecule is CC(C)S(=O)(=O)N[C@H](C)c1cccc(Br)c1. The van der Waals surface area contributed by atoms with E-state index in [0.717, 1.165) is 10.0 Å². The maximum Gasteiger partial charge on any atom is 0.214 e. The molecule has 0 aliphatic rings. The second kappa shape index (κ2) is 5.29. The van der Waals surface area contributed by atoms with Gasteiger partial charge in [0.2, 0.25) is 10.0 Å². The summed E-state index contributed by atoms with van der Waals surface area (Å²) in [6, 6.07) is 7.39. The number of hydrogen-bond acceptors (Lipinski definition) is 2. The molecule has 5 heteroatoms. The average molecular weight is 306 g/mol. The highest BCUT2D eigenvalue weighted by Gasteiger charge is 2.19. The van der Waals surface area contributed by atoms with Crippen LogP contribution in [-0.4, -0.2) is 13.7 Å². The second-order valence-corrected chi connectivity index (χ2v) is 7.17. The van der Waals surface area contributed by atoms with Crippen LogP contribution >= 0.6 is 15.9 Å². The summed E-state index contributed by atoms with van der Waals surface area (Å²) in [5, 5.41) is -0.415. The number of halogens is 1. The number of hydrogen-bond donors (Lipinski definition) is 1. The van der Waals surface area contributed by atoms with Gasteiger partial charge in [0.25, 0.3) is 0 Å². The van der Waals surface area contributed by atoms with Crippen molar-refractivity contribution in [2.45, 2.75) is 32.1 Å². The largest absolute Gasteiger partial charge is 0.214 e. The molecule has 16 heavy (non-hydrogen) atoms. The van der Waals surface area contributed by atoms with Gasteiger partial charge >= 0.3 is 0 Å². The van der Waals surface area contributed by atoms with Crippen molar-refractivity contribution in [2.24, 2.45) is 0 Å². The van der Waals surface area contributed by atoms with E-state index < -0.39 is 15.3 Å². The fraction of sp³-hybridized carbons (Fsp3) is 0.455. The van der Waals surface area contributed by atoms with Crippen molar-refractivity contribution in [1.82, 2.24) is 4.72 Å². The lowest BCUT2D eigenvalue weighted by Crippen LogP contribution is -2.32. The van der Waals surface area contributed by atoms with Crippen LogP contribution in [0.2, 0.25) is 0 Å². The highest BCUT2D eigenvalue weighted by Crippen LogP contribution is 2.19. The highest BCUT2D eigenvalue weighted by molar-refractivity contribution is 9.10. The number of nitrogens with one attached hydrogen (secondary N) is 1. The molecular weight excluding hydrogens is 290 g/mol. The van der Waals surface area contributed by atoms with Gasteiger partial charge in [0.15, 0.2) is 0 Å². The van der Waals surface area contributed by atoms with Crippen molar-refractivity contribution >= 4 is 26.0 Å². The molecule has 0 fully saturated rings. The van der Waals surface area contributed by atoms with Crippen LogP contribution in [0.15, 0.2) is 28.7 Å². The zero-order chi connectivity index (χ0) is 12.3. The Morgan fingerprint density at radius 3 is 2.38 bits per heavy atom. The summed E-state index contributed by atoms with van der Waals surface area (Å²) < 4.78 is 26.9. The molecule has 0 unspecified atom stereocenters. The van der Waals surface area contributed by atoms with Crippen molar-refractivity contribution in [2.75, 3.05) is 0 Å². The van der Waals surface area contributed by atoms with Gasteiger partial charge in [0, 0.05) is 10.5 Å². The fourth-order valence-electron chi connectivity index (χ4n) is 1.23. The summed E-state index contributed by atoms with van der Waals surface area (Å²) in [5.41, 5.74) is 0.943. The molecule has 3 nitrogen and oxygen atoms in total. The van der Waals surface area contributed by atoms with E-state index in [2.05, 4.69) is 20.7 Å². The lowest BCUT2D eigenvalue weighted by Gasteiger charge is -2.16. The molecule has 1 aromatic rings. The third kappa shape index (κ3) is 3.57. The maximum atomic E-state index is 11.7. The van der Waals surface area contributed by atoms with Crippen molar-refractivity contribution < 1.29 is 8.42 Å². The molecule has 0 heterocycles. The Kier molecular flexibility index (Phi) is 4.52. The van der Waals surface area contributed by atoms with Gasteiger partial charge in [0.05, 0.1) is 5.25 Å². The predicted molar refractivity (Wildman–Crippen MR) is 69.7 cm³/mol. The summed E-state index contributed by atoms with van der Waals surface area (Å²) in [5.74, 6) is 0. The van der Waals surface area contributed by atoms with E-state index in [1.165, 1.54) is 0 Å². The van der Waals surface area contributed by atoms with E-state index in [4.69, 9.17) is 0 Å². The van der Waals surface area contributed by atoms with Gasteiger partial charge in [-0.25, -0.2) is 13.1 Å². The van der Waals surface area contributed by atoms with Crippen LogP contribution in [0.4, 0.5) is 0 Å². The number of rotatable bonds is 4. The van der Waals surface area contributed by atoms with Crippen LogP contribution in [0.5, 0.6) is 0 Å². The molecule has 0 aromatic heterocycles. The minimum absolute atomic E-state index is 0.218. The molecule has 0 bridgehead atoms. The first-order valence-electron chi connectivity index (χ1n) is 5.09. The summed E-state index contributed by atoms with van der Waals surface area (Å²) >= 11 is 3.36. The van der Waals surface area contributed by atoms with E-state index in [9.17, 15) is 8.42 Å². The van der Waals surface area contributed by atoms with Crippen LogP contribution in [0.3, 0.4) is 0 Å². The van der Waals surface area contributed by atoms with Crippen LogP contribution in [0.1, 0.15) is 32.4 Å². The molecule has 0 spiro atoms. The molecule has 1 atom stereocenters. The third-order valence-corrected chi connectivity index (χ3v) is 4.73. The summed E-state index contributed by atoms with van der Waals surface area (Å²) in [6.45, 7) is 5.16. The second-order valence-electron chi connectivity index (χ2n) is 3.99. The summed E-state index contributed by atoms with van der Waals surface area (Å²) in [7, 11) is -3.22. The van der Waals surface area contributed by atoms with E-state index in [0.29, 0.717) is 0 Å². The first kappa shape index (κ1) is 13.7. The molecule has 1 rings (SSSR count). The van der Waals surface area contributed by atoms with Crippen molar-refractivity contribution in [3.05, 3.63) is 34.3 Å². The molecule has 0 aliphatic heterocycles. The Hall–Kier alpha value is -0.390. The molecular formula is C11H16BrNO2S. The number of benzene rings is 1. The van der Waals surface area contributed by atoms with Crippen LogP contribution in [-0.2, 0) is 10.0 Å². The standard InChI is InChI=1S/C11H16BrNO2S/c1-8(2)16(14,15)13-9(3)10-5-4-6-11(12)7-10/h4-9,13H,1-3H3/t9-/m1/s1. The van der Waals surface area contributed by atoms with Gasteiger partial charge < -0.3 is 0 Å². The molecule has 0 radical (unpaired) electrons. The van der Waals surface area contributed by atoms with E-state index >= 15 is 0 Å². The molecule has 1 N–H and O–H groups in total. The highest BCUT2D eigenvalue weighted by atomic mass is 79.9. The van der Waals surface area contributed by atoms with Crippen LogP contribution in [0, 0.1) is 0 Å². The normalized spacial score (nSPS) is 14.1. The molecule has 90 valence electrons. The van der Waals surface area contributed by atoms with E-state index in [1.807, 2.05) is 31.2 Å². The molecule has 0 amide bonds. The lowest BCUT2D eigenvalue weighted by molar-refractivity contribution is 0.558. The Bertz CT molecular complexity index is 457. The minimum Gasteiger partial charge on any atom is -0.212 e. The van der Waals surface area contributed by atoms with Crippen molar-refractivity contribution in [1.29, 1.82) is 0 Å². The predicted octanol–water partition coefficient (Wildman–Crippen LogP) is 2.84. The minimum atomic E-state index is -3.22. The molecule has 0 saturated heterocycles. The van der Waals surface area contributed by atoms with Gasteiger partial charge in [-0.15, -0.1) is 0 Å². The number of sulfonamides is 1. The molecule has 0 saturated carbocycles. The Labute approximate surface area is 105 Å². The zero-order valence-electron chi connectivity index (χ0n) is 9.57. The Morgan fingerprint density at radius 2 is 1.88 bits per heavy atom. The zero-order valence-corrected chi connectivity index (χ0v) is 12.0. The summed E-state index contributed by atoms with van der Waals surface area (Å²) in [6.07, 6.45) is 0. The Balaban J connectivity index is 2.85. The van der Waals surface area contributed by atoms with Gasteiger partial charge in [0.1, 0.15) is 0 Å². The molecule has 1 aromatic carbocycles. The van der Waals surface area contributed by atoms with E-state index in [-0.39, 0.29) is 6.04 Å². The van der Waals surface area contributed by atoms with Gasteiger partial charge in [-0.05, 0) is 38.5 Å². The summed E-state index contributed by atoms with van der Waals surface area (Å²) in [4.78, 5) is 0. The topological polar surface area (TPSA) is 46.2 Å². The van der Waals surface area contributed by atoms with Gasteiger partial charge in [-0.3, -0.25) is 0 Å². The van der Waals surface area contributed by atoms with Crippen molar-refractivity contribution in [3.8, 4) is 0 Å². The lowest BCUT2D eigenvalue weighted by atomic mass is 10.1. The first-order valence-corrected chi connectivity index (χ1v) is 7.43. The van der Waals surface area contributed by atoms with Gasteiger partial charge in [-0.2, -0.15) is 0 Å². The quantitative estimate of drug-likeness (QED) is 0.930. The monoisotopic (exact) mass is 305 g/mol. The fourth-order valence-corrected chi connectivity index (χ4v) is 2.54. The van der Waals surface area contributed by atoms with Gasteiger partial charge in [-0.1, -0.05) is 28.1 Å². The Morgan fingerprint density at radius 1 is 1.25 bits per heavy atom. The van der Waals surface area contributed by atoms with Crippen LogP contribution in [0.25, 0.3) is 0 Å². The average Bonchev–Trinajstić information content (AvgIpc) is 2.16. The first-order chi connectivity index (χ1) is 7.33. The van der Waals surface area contributed by atoms with Crippen molar-refractivity contribution in [3.63, 3.8) is 0 Å². The smallest absolute Gasteiger partial charge is 0.212 e. The molecule has 0 aliphatic carbocycles. The van der Waals surface area contributed by atoms with Crippen LogP contribution < -0.4 is 4.72 Å². The van der Waals surface area contributed by atoms with E-state index in [1.54, 1.807) is 13.8 Å².